The summed E-state index contributed by atoms with van der Waals surface area (Å²) in [7, 11) is -6.33. The van der Waals surface area contributed by atoms with Crippen molar-refractivity contribution in [3.8, 4) is 10.7 Å². The Morgan fingerprint density at radius 2 is 1.74 bits per heavy atom. The number of thiazole rings is 1. The maximum atomic E-state index is 12.6. The third-order valence-electron chi connectivity index (χ3n) is 6.76. The van der Waals surface area contributed by atoms with E-state index in [-0.39, 0.29) is 16.9 Å². The van der Waals surface area contributed by atoms with Gasteiger partial charge in [-0.1, -0.05) is 12.1 Å². The number of sulfone groups is 2. The fourth-order valence-corrected chi connectivity index (χ4v) is 8.53. The number of rotatable bonds is 9. The summed E-state index contributed by atoms with van der Waals surface area (Å²) in [6.07, 6.45) is 7.32. The Morgan fingerprint density at radius 1 is 1.03 bits per heavy atom. The molecule has 5 rings (SSSR count). The van der Waals surface area contributed by atoms with Gasteiger partial charge in [-0.05, 0) is 67.9 Å². The summed E-state index contributed by atoms with van der Waals surface area (Å²) in [6, 6.07) is 11.5. The second-order valence-corrected chi connectivity index (χ2v) is 15.2. The Hall–Kier alpha value is -2.01. The van der Waals surface area contributed by atoms with Crippen LogP contribution in [-0.4, -0.2) is 51.5 Å². The van der Waals surface area contributed by atoms with Crippen LogP contribution < -0.4 is 0 Å². The van der Waals surface area contributed by atoms with Crippen molar-refractivity contribution in [1.29, 1.82) is 0 Å². The molecule has 3 aromatic rings. The molecule has 3 heterocycles. The molecule has 0 amide bonds. The summed E-state index contributed by atoms with van der Waals surface area (Å²) in [5.74, 6) is 0.595. The van der Waals surface area contributed by atoms with E-state index in [0.29, 0.717) is 15.7 Å². The largest absolute Gasteiger partial charge is 0.381 e. The molecule has 1 saturated carbocycles. The fourth-order valence-electron chi connectivity index (χ4n) is 4.72. The first kappa shape index (κ1) is 24.7. The van der Waals surface area contributed by atoms with Crippen molar-refractivity contribution in [2.24, 2.45) is 5.92 Å². The Kier molecular flexibility index (Phi) is 6.91. The van der Waals surface area contributed by atoms with E-state index in [2.05, 4.69) is 16.0 Å². The highest BCUT2D eigenvalue weighted by Gasteiger charge is 2.37. The SMILES string of the molecule is CS(=O)(=O)Cc1cnc(-c2ccc(C(CC3CCOCC3)c3ccc(S(=O)(=O)C4CC4)cc3)[nH]2)s1. The maximum absolute atomic E-state index is 12.6. The molecule has 35 heavy (non-hydrogen) atoms. The van der Waals surface area contributed by atoms with Crippen LogP contribution in [0.3, 0.4) is 0 Å². The zero-order valence-corrected chi connectivity index (χ0v) is 22.1. The van der Waals surface area contributed by atoms with Gasteiger partial charge in [-0.25, -0.2) is 21.8 Å². The van der Waals surface area contributed by atoms with E-state index in [1.807, 2.05) is 18.2 Å². The highest BCUT2D eigenvalue weighted by molar-refractivity contribution is 7.92. The van der Waals surface area contributed by atoms with Crippen LogP contribution >= 0.6 is 11.3 Å². The smallest absolute Gasteiger partial charge is 0.181 e. The van der Waals surface area contributed by atoms with Crippen LogP contribution in [0.15, 0.2) is 47.5 Å². The quantitative estimate of drug-likeness (QED) is 0.431. The van der Waals surface area contributed by atoms with E-state index in [9.17, 15) is 16.8 Å². The first-order valence-electron chi connectivity index (χ1n) is 11.9. The first-order chi connectivity index (χ1) is 16.7. The summed E-state index contributed by atoms with van der Waals surface area (Å²) in [4.78, 5) is 9.07. The average molecular weight is 535 g/mol. The third-order valence-corrected chi connectivity index (χ3v) is 11.1. The highest BCUT2D eigenvalue weighted by atomic mass is 32.2. The van der Waals surface area contributed by atoms with Gasteiger partial charge < -0.3 is 9.72 Å². The lowest BCUT2D eigenvalue weighted by Gasteiger charge is -2.27. The van der Waals surface area contributed by atoms with Crippen molar-refractivity contribution in [1.82, 2.24) is 9.97 Å². The van der Waals surface area contributed by atoms with Crippen LogP contribution in [0.4, 0.5) is 0 Å². The fraction of sp³-hybridized carbons (Fsp3) is 0.480. The van der Waals surface area contributed by atoms with E-state index < -0.39 is 19.7 Å². The van der Waals surface area contributed by atoms with E-state index in [0.717, 1.165) is 67.3 Å². The number of aromatic nitrogens is 2. The molecule has 0 bridgehead atoms. The predicted molar refractivity (Wildman–Crippen MR) is 137 cm³/mol. The van der Waals surface area contributed by atoms with Crippen LogP contribution in [-0.2, 0) is 30.2 Å². The van der Waals surface area contributed by atoms with Gasteiger partial charge in [0.05, 0.1) is 21.6 Å². The Labute approximate surface area is 210 Å². The van der Waals surface area contributed by atoms with Gasteiger partial charge in [-0.15, -0.1) is 11.3 Å². The summed E-state index contributed by atoms with van der Waals surface area (Å²) < 4.78 is 54.1. The molecule has 2 aliphatic rings. The van der Waals surface area contributed by atoms with Crippen LogP contribution in [0.25, 0.3) is 10.7 Å². The number of H-pyrrole nitrogens is 1. The minimum absolute atomic E-state index is 0.0132. The van der Waals surface area contributed by atoms with Crippen LogP contribution in [0.5, 0.6) is 0 Å². The average Bonchev–Trinajstić information content (AvgIpc) is 3.42. The van der Waals surface area contributed by atoms with E-state index in [1.165, 1.54) is 17.6 Å². The number of nitrogens with one attached hydrogen (secondary N) is 1. The van der Waals surface area contributed by atoms with Crippen molar-refractivity contribution in [3.63, 3.8) is 0 Å². The van der Waals surface area contributed by atoms with Crippen molar-refractivity contribution in [3.05, 3.63) is 58.7 Å². The molecule has 0 radical (unpaired) electrons. The van der Waals surface area contributed by atoms with Crippen molar-refractivity contribution < 1.29 is 21.6 Å². The number of benzene rings is 1. The monoisotopic (exact) mass is 534 g/mol. The summed E-state index contributed by atoms with van der Waals surface area (Å²) in [5.41, 5.74) is 2.98. The van der Waals surface area contributed by atoms with Crippen LogP contribution in [0, 0.1) is 5.92 Å². The number of hydrogen-bond acceptors (Lipinski definition) is 7. The second kappa shape index (κ2) is 9.80. The Morgan fingerprint density at radius 3 is 2.40 bits per heavy atom. The lowest BCUT2D eigenvalue weighted by atomic mass is 9.83. The van der Waals surface area contributed by atoms with Gasteiger partial charge in [0.25, 0.3) is 0 Å². The lowest BCUT2D eigenvalue weighted by Crippen LogP contribution is -2.19. The third kappa shape index (κ3) is 5.87. The molecule has 2 fully saturated rings. The molecule has 188 valence electrons. The van der Waals surface area contributed by atoms with Gasteiger partial charge in [0.1, 0.15) is 5.01 Å². The predicted octanol–water partition coefficient (Wildman–Crippen LogP) is 4.57. The topological polar surface area (TPSA) is 106 Å². The maximum Gasteiger partial charge on any atom is 0.181 e. The van der Waals surface area contributed by atoms with Crippen molar-refractivity contribution >= 4 is 31.0 Å². The molecule has 7 nitrogen and oxygen atoms in total. The number of aromatic amines is 1. The van der Waals surface area contributed by atoms with Crippen molar-refractivity contribution in [2.75, 3.05) is 19.5 Å². The molecular weight excluding hydrogens is 504 g/mol. The first-order valence-corrected chi connectivity index (χ1v) is 16.3. The van der Waals surface area contributed by atoms with E-state index in [4.69, 9.17) is 4.74 Å². The summed E-state index contributed by atoms with van der Waals surface area (Å²) in [5, 5.41) is 0.536. The Balaban J connectivity index is 1.42. The van der Waals surface area contributed by atoms with Gasteiger partial charge >= 0.3 is 0 Å². The molecule has 1 aromatic carbocycles. The Bertz CT molecular complexity index is 1380. The normalized spacial score (nSPS) is 18.5. The number of ether oxygens (including phenoxy) is 1. The molecule has 1 atom stereocenters. The standard InChI is InChI=1S/C25H30N2O5S3/c1-34(28,29)16-19-15-26-25(33-19)24-9-8-23(27-24)22(14-17-10-12-32-13-11-17)18-2-4-20(5-3-18)35(30,31)21-6-7-21/h2-5,8-9,15,17,21-22,27H,6-7,10-14,16H2,1H3. The summed E-state index contributed by atoms with van der Waals surface area (Å²) in [6.45, 7) is 1.54. The summed E-state index contributed by atoms with van der Waals surface area (Å²) >= 11 is 1.38. The molecular formula is C25H30N2O5S3. The zero-order chi connectivity index (χ0) is 24.6. The molecule has 1 aliphatic heterocycles. The van der Waals surface area contributed by atoms with Gasteiger partial charge in [0, 0.05) is 42.2 Å². The number of hydrogen-bond donors (Lipinski definition) is 1. The number of nitrogens with zero attached hydrogens (tertiary/aromatic N) is 1. The molecule has 1 saturated heterocycles. The molecule has 2 aromatic heterocycles. The zero-order valence-electron chi connectivity index (χ0n) is 19.6. The molecule has 1 N–H and O–H groups in total. The van der Waals surface area contributed by atoms with Crippen LogP contribution in [0.2, 0.25) is 0 Å². The minimum Gasteiger partial charge on any atom is -0.381 e. The van der Waals surface area contributed by atoms with Gasteiger partial charge in [-0.3, -0.25) is 0 Å². The minimum atomic E-state index is -3.22. The van der Waals surface area contributed by atoms with Gasteiger partial charge in [0.2, 0.25) is 0 Å². The second-order valence-electron chi connectivity index (χ2n) is 9.69. The lowest BCUT2D eigenvalue weighted by molar-refractivity contribution is 0.0626. The molecule has 10 heteroatoms. The van der Waals surface area contributed by atoms with E-state index in [1.54, 1.807) is 18.3 Å². The van der Waals surface area contributed by atoms with Crippen molar-refractivity contribution in [2.45, 2.75) is 53.9 Å². The van der Waals surface area contributed by atoms with Gasteiger partial charge in [0.15, 0.2) is 19.7 Å². The molecule has 1 aliphatic carbocycles. The molecule has 0 spiro atoms. The van der Waals surface area contributed by atoms with E-state index >= 15 is 0 Å². The molecule has 1 unspecified atom stereocenters. The van der Waals surface area contributed by atoms with Gasteiger partial charge in [-0.2, -0.15) is 0 Å². The highest BCUT2D eigenvalue weighted by Crippen LogP contribution is 2.38. The van der Waals surface area contributed by atoms with Crippen LogP contribution in [0.1, 0.15) is 54.2 Å².